The Balaban J connectivity index is 2.28. The summed E-state index contributed by atoms with van der Waals surface area (Å²) in [5, 5.41) is 14.9. The quantitative estimate of drug-likeness (QED) is 0.778. The first kappa shape index (κ1) is 17.2. The van der Waals surface area contributed by atoms with E-state index in [0.29, 0.717) is 17.7 Å². The van der Waals surface area contributed by atoms with Crippen LogP contribution in [0, 0.1) is 27.7 Å². The number of hydrogen-bond donors (Lipinski definition) is 3. The van der Waals surface area contributed by atoms with Crippen LogP contribution in [-0.2, 0) is 16.6 Å². The molecule has 0 unspecified atom stereocenters. The van der Waals surface area contributed by atoms with Gasteiger partial charge in [0.1, 0.15) is 0 Å². The van der Waals surface area contributed by atoms with Crippen molar-refractivity contribution in [2.24, 2.45) is 5.14 Å². The number of sulfonamides is 1. The van der Waals surface area contributed by atoms with Crippen molar-refractivity contribution in [2.75, 3.05) is 0 Å². The van der Waals surface area contributed by atoms with Gasteiger partial charge in [0.15, 0.2) is 0 Å². The maximum absolute atomic E-state index is 12.3. The van der Waals surface area contributed by atoms with Gasteiger partial charge in [0.05, 0.1) is 10.6 Å². The van der Waals surface area contributed by atoms with Gasteiger partial charge in [-0.05, 0) is 51.0 Å². The van der Waals surface area contributed by atoms with Crippen molar-refractivity contribution in [1.29, 1.82) is 0 Å². The molecule has 2 aromatic rings. The maximum Gasteiger partial charge on any atom is 0.251 e. The number of amides is 1. The average Bonchev–Trinajstić information content (AvgIpc) is 2.77. The largest absolute Gasteiger partial charge is 0.348 e. The van der Waals surface area contributed by atoms with Crippen LogP contribution in [0.3, 0.4) is 0 Å². The van der Waals surface area contributed by atoms with Gasteiger partial charge in [-0.25, -0.2) is 13.6 Å². The van der Waals surface area contributed by atoms with E-state index in [9.17, 15) is 13.2 Å². The molecule has 1 aromatic heterocycles. The molecule has 1 aromatic carbocycles. The molecule has 1 amide bonds. The summed E-state index contributed by atoms with van der Waals surface area (Å²) in [6.45, 7) is 7.43. The number of aromatic nitrogens is 2. The number of aromatic amines is 1. The zero-order valence-electron chi connectivity index (χ0n) is 13.5. The van der Waals surface area contributed by atoms with Gasteiger partial charge in [-0.1, -0.05) is 0 Å². The van der Waals surface area contributed by atoms with Crippen molar-refractivity contribution in [3.05, 3.63) is 45.8 Å². The molecule has 0 fully saturated rings. The van der Waals surface area contributed by atoms with Crippen LogP contribution in [0.25, 0.3) is 0 Å². The second-order valence-corrected chi connectivity index (χ2v) is 7.09. The van der Waals surface area contributed by atoms with Crippen molar-refractivity contribution in [1.82, 2.24) is 15.5 Å². The molecule has 0 atom stereocenters. The van der Waals surface area contributed by atoms with Gasteiger partial charge in [0, 0.05) is 23.4 Å². The van der Waals surface area contributed by atoms with Gasteiger partial charge in [0.2, 0.25) is 10.0 Å². The zero-order valence-corrected chi connectivity index (χ0v) is 14.3. The zero-order chi connectivity index (χ0) is 17.4. The summed E-state index contributed by atoms with van der Waals surface area (Å²) < 4.78 is 23.3. The number of nitrogens with one attached hydrogen (secondary N) is 2. The second kappa shape index (κ2) is 6.13. The molecule has 0 saturated heterocycles. The molecular formula is C15H20N4O3S. The molecule has 0 aliphatic rings. The Morgan fingerprint density at radius 1 is 1.26 bits per heavy atom. The number of aryl methyl sites for hydroxylation is 3. The fourth-order valence-corrected chi connectivity index (χ4v) is 3.24. The average molecular weight is 336 g/mol. The number of primary sulfonamides is 1. The Morgan fingerprint density at radius 3 is 2.43 bits per heavy atom. The minimum Gasteiger partial charge on any atom is -0.348 e. The van der Waals surface area contributed by atoms with Crippen molar-refractivity contribution in [3.63, 3.8) is 0 Å². The fraction of sp³-hybridized carbons (Fsp3) is 0.333. The number of hydrogen-bond acceptors (Lipinski definition) is 4. The standard InChI is InChI=1S/C15H20N4O3S/c1-8-5-12(6-14(9(8)2)23(16,21)22)15(20)17-7-13-10(3)18-19-11(13)4/h5-6H,7H2,1-4H3,(H,17,20)(H,18,19)(H2,16,21,22). The molecule has 0 radical (unpaired) electrons. The molecule has 0 aliphatic carbocycles. The Bertz CT molecular complexity index is 850. The molecule has 0 saturated carbocycles. The van der Waals surface area contributed by atoms with Gasteiger partial charge in [-0.15, -0.1) is 0 Å². The number of carbonyl (C=O) groups excluding carboxylic acids is 1. The van der Waals surface area contributed by atoms with Crippen molar-refractivity contribution in [3.8, 4) is 0 Å². The highest BCUT2D eigenvalue weighted by molar-refractivity contribution is 7.89. The molecule has 7 nitrogen and oxygen atoms in total. The summed E-state index contributed by atoms with van der Waals surface area (Å²) in [5.41, 5.74) is 4.11. The third-order valence-corrected chi connectivity index (χ3v) is 4.93. The van der Waals surface area contributed by atoms with Gasteiger partial charge >= 0.3 is 0 Å². The first-order chi connectivity index (χ1) is 10.6. The first-order valence-electron chi connectivity index (χ1n) is 7.04. The minimum absolute atomic E-state index is 0.0293. The van der Waals surface area contributed by atoms with E-state index in [1.165, 1.54) is 6.07 Å². The summed E-state index contributed by atoms with van der Waals surface area (Å²) in [5.74, 6) is -0.363. The van der Waals surface area contributed by atoms with Gasteiger partial charge in [-0.3, -0.25) is 9.89 Å². The predicted molar refractivity (Wildman–Crippen MR) is 86.5 cm³/mol. The lowest BCUT2D eigenvalue weighted by atomic mass is 10.1. The predicted octanol–water partition coefficient (Wildman–Crippen LogP) is 1.22. The third kappa shape index (κ3) is 3.59. The number of nitrogens with zero attached hydrogens (tertiary/aromatic N) is 1. The van der Waals surface area contributed by atoms with E-state index in [2.05, 4.69) is 15.5 Å². The van der Waals surface area contributed by atoms with Crippen molar-refractivity contribution < 1.29 is 13.2 Å². The van der Waals surface area contributed by atoms with Crippen LogP contribution in [0.15, 0.2) is 17.0 Å². The van der Waals surface area contributed by atoms with Crippen LogP contribution >= 0.6 is 0 Å². The molecule has 2 rings (SSSR count). The Morgan fingerprint density at radius 2 is 1.91 bits per heavy atom. The number of H-pyrrole nitrogens is 1. The Kier molecular flexibility index (Phi) is 4.58. The summed E-state index contributed by atoms with van der Waals surface area (Å²) >= 11 is 0. The number of carbonyl (C=O) groups is 1. The first-order valence-corrected chi connectivity index (χ1v) is 8.58. The van der Waals surface area contributed by atoms with Crippen LogP contribution in [0.1, 0.15) is 38.4 Å². The molecule has 0 bridgehead atoms. The maximum atomic E-state index is 12.3. The van der Waals surface area contributed by atoms with E-state index in [0.717, 1.165) is 17.0 Å². The molecule has 124 valence electrons. The van der Waals surface area contributed by atoms with E-state index in [-0.39, 0.29) is 16.4 Å². The fourth-order valence-electron chi connectivity index (χ4n) is 2.36. The molecule has 1 heterocycles. The molecule has 23 heavy (non-hydrogen) atoms. The summed E-state index contributed by atoms with van der Waals surface area (Å²) in [6, 6.07) is 2.95. The number of nitrogens with two attached hydrogens (primary N) is 1. The monoisotopic (exact) mass is 336 g/mol. The lowest BCUT2D eigenvalue weighted by molar-refractivity contribution is 0.0950. The SMILES string of the molecule is Cc1cc(C(=O)NCc2c(C)n[nH]c2C)cc(S(N)(=O)=O)c1C. The van der Waals surface area contributed by atoms with E-state index < -0.39 is 10.0 Å². The minimum atomic E-state index is -3.88. The van der Waals surface area contributed by atoms with Crippen LogP contribution in [-0.4, -0.2) is 24.5 Å². The van der Waals surface area contributed by atoms with Crippen molar-refractivity contribution >= 4 is 15.9 Å². The highest BCUT2D eigenvalue weighted by Crippen LogP contribution is 2.20. The molecule has 0 aliphatic heterocycles. The summed E-state index contributed by atoms with van der Waals surface area (Å²) in [4.78, 5) is 12.3. The topological polar surface area (TPSA) is 118 Å². The Hall–Kier alpha value is -2.19. The highest BCUT2D eigenvalue weighted by atomic mass is 32.2. The summed E-state index contributed by atoms with van der Waals surface area (Å²) in [6.07, 6.45) is 0. The molecular weight excluding hydrogens is 316 g/mol. The lowest BCUT2D eigenvalue weighted by Gasteiger charge is -2.11. The molecule has 4 N–H and O–H groups in total. The van der Waals surface area contributed by atoms with Crippen LogP contribution in [0.2, 0.25) is 0 Å². The number of benzene rings is 1. The summed E-state index contributed by atoms with van der Waals surface area (Å²) in [7, 11) is -3.88. The smallest absolute Gasteiger partial charge is 0.251 e. The van der Waals surface area contributed by atoms with Gasteiger partial charge in [0.25, 0.3) is 5.91 Å². The third-order valence-electron chi connectivity index (χ3n) is 3.89. The van der Waals surface area contributed by atoms with Crippen LogP contribution < -0.4 is 10.5 Å². The van der Waals surface area contributed by atoms with E-state index in [4.69, 9.17) is 5.14 Å². The van der Waals surface area contributed by atoms with Crippen LogP contribution in [0.4, 0.5) is 0 Å². The molecule has 8 heteroatoms. The second-order valence-electron chi connectivity index (χ2n) is 5.56. The lowest BCUT2D eigenvalue weighted by Crippen LogP contribution is -2.24. The number of rotatable bonds is 4. The van der Waals surface area contributed by atoms with E-state index >= 15 is 0 Å². The van der Waals surface area contributed by atoms with Crippen molar-refractivity contribution in [2.45, 2.75) is 39.1 Å². The van der Waals surface area contributed by atoms with Crippen LogP contribution in [0.5, 0.6) is 0 Å². The van der Waals surface area contributed by atoms with E-state index in [1.54, 1.807) is 19.9 Å². The van der Waals surface area contributed by atoms with Gasteiger partial charge < -0.3 is 5.32 Å². The molecule has 0 spiro atoms. The van der Waals surface area contributed by atoms with E-state index in [1.807, 2.05) is 13.8 Å². The van der Waals surface area contributed by atoms with Gasteiger partial charge in [-0.2, -0.15) is 5.10 Å². The normalized spacial score (nSPS) is 11.5. The highest BCUT2D eigenvalue weighted by Gasteiger charge is 2.18. The Labute approximate surface area is 135 Å².